The van der Waals surface area contributed by atoms with Gasteiger partial charge in [0, 0.05) is 13.1 Å². The van der Waals surface area contributed by atoms with Crippen molar-refractivity contribution in [1.82, 2.24) is 20.1 Å². The second-order valence-corrected chi connectivity index (χ2v) is 5.56. The van der Waals surface area contributed by atoms with Crippen LogP contribution < -0.4 is 5.32 Å². The van der Waals surface area contributed by atoms with Crippen LogP contribution in [0.2, 0.25) is 0 Å². The molecule has 22 heavy (non-hydrogen) atoms. The number of amides is 1. The van der Waals surface area contributed by atoms with E-state index < -0.39 is 0 Å². The summed E-state index contributed by atoms with van der Waals surface area (Å²) in [5.41, 5.74) is 0.852. The highest BCUT2D eigenvalue weighted by Gasteiger charge is 2.10. The Labute approximate surface area is 132 Å². The number of hydrogen-bond acceptors (Lipinski definition) is 4. The molecular formula is C15H17FN4OS. The van der Waals surface area contributed by atoms with Crippen LogP contribution in [0, 0.1) is 12.7 Å². The van der Waals surface area contributed by atoms with E-state index in [9.17, 15) is 9.18 Å². The molecule has 0 saturated carbocycles. The highest BCUT2D eigenvalue weighted by molar-refractivity contribution is 7.99. The molecule has 0 unspecified atom stereocenters. The van der Waals surface area contributed by atoms with Crippen LogP contribution in [0.5, 0.6) is 0 Å². The average molecular weight is 320 g/mol. The van der Waals surface area contributed by atoms with Gasteiger partial charge < -0.3 is 9.88 Å². The third-order valence-corrected chi connectivity index (χ3v) is 3.92. The normalized spacial score (nSPS) is 10.5. The van der Waals surface area contributed by atoms with Crippen LogP contribution in [0.4, 0.5) is 4.39 Å². The van der Waals surface area contributed by atoms with Crippen LogP contribution in [0.1, 0.15) is 11.4 Å². The van der Waals surface area contributed by atoms with Gasteiger partial charge >= 0.3 is 0 Å². The molecule has 0 saturated heterocycles. The number of rotatable bonds is 7. The molecule has 1 aromatic heterocycles. The molecule has 5 nitrogen and oxygen atoms in total. The van der Waals surface area contributed by atoms with E-state index in [0.29, 0.717) is 18.2 Å². The number of nitrogens with one attached hydrogen (secondary N) is 1. The Hall–Kier alpha value is -2.15. The zero-order valence-corrected chi connectivity index (χ0v) is 13.1. The van der Waals surface area contributed by atoms with E-state index >= 15 is 0 Å². The molecule has 0 aliphatic rings. The lowest BCUT2D eigenvalue weighted by Gasteiger charge is -2.06. The third-order valence-electron chi connectivity index (χ3n) is 2.95. The topological polar surface area (TPSA) is 59.8 Å². The minimum Gasteiger partial charge on any atom is -0.351 e. The summed E-state index contributed by atoms with van der Waals surface area (Å²) in [4.78, 5) is 11.8. The summed E-state index contributed by atoms with van der Waals surface area (Å²) in [6.07, 6.45) is 1.76. The summed E-state index contributed by atoms with van der Waals surface area (Å²) >= 11 is 1.32. The minimum atomic E-state index is -0.289. The fourth-order valence-electron chi connectivity index (χ4n) is 1.79. The maximum absolute atomic E-state index is 12.8. The lowest BCUT2D eigenvalue weighted by atomic mass is 10.2. The highest BCUT2D eigenvalue weighted by Crippen LogP contribution is 2.16. The quantitative estimate of drug-likeness (QED) is 0.628. The van der Waals surface area contributed by atoms with Crippen molar-refractivity contribution >= 4 is 17.7 Å². The Morgan fingerprint density at radius 3 is 2.82 bits per heavy atom. The molecule has 0 radical (unpaired) electrons. The van der Waals surface area contributed by atoms with E-state index in [1.807, 2.05) is 11.5 Å². The fourth-order valence-corrected chi connectivity index (χ4v) is 2.61. The van der Waals surface area contributed by atoms with Crippen molar-refractivity contribution in [2.75, 3.05) is 5.75 Å². The van der Waals surface area contributed by atoms with E-state index in [0.717, 1.165) is 11.4 Å². The summed E-state index contributed by atoms with van der Waals surface area (Å²) in [6.45, 7) is 6.53. The number of thioether (sulfide) groups is 1. The van der Waals surface area contributed by atoms with Crippen molar-refractivity contribution in [3.05, 3.63) is 54.1 Å². The Bertz CT molecular complexity index is 654. The SMILES string of the molecule is C=CCn1c(C)nnc1SCC(=O)NCc1ccc(F)cc1. The molecule has 0 aliphatic carbocycles. The van der Waals surface area contributed by atoms with Gasteiger partial charge in [-0.15, -0.1) is 16.8 Å². The number of aromatic nitrogens is 3. The van der Waals surface area contributed by atoms with Gasteiger partial charge in [0.05, 0.1) is 5.75 Å². The third kappa shape index (κ3) is 4.42. The monoisotopic (exact) mass is 320 g/mol. The zero-order valence-electron chi connectivity index (χ0n) is 12.3. The Morgan fingerprint density at radius 1 is 1.41 bits per heavy atom. The highest BCUT2D eigenvalue weighted by atomic mass is 32.2. The van der Waals surface area contributed by atoms with E-state index in [4.69, 9.17) is 0 Å². The van der Waals surface area contributed by atoms with Crippen LogP contribution in [-0.2, 0) is 17.9 Å². The minimum absolute atomic E-state index is 0.111. The van der Waals surface area contributed by atoms with Crippen molar-refractivity contribution < 1.29 is 9.18 Å². The number of aryl methyl sites for hydroxylation is 1. The molecule has 0 atom stereocenters. The van der Waals surface area contributed by atoms with Gasteiger partial charge in [0.2, 0.25) is 5.91 Å². The first-order valence-electron chi connectivity index (χ1n) is 6.75. The number of benzene rings is 1. The maximum Gasteiger partial charge on any atom is 0.230 e. The first-order chi connectivity index (χ1) is 10.6. The number of halogens is 1. The molecule has 0 aliphatic heterocycles. The Morgan fingerprint density at radius 2 is 2.14 bits per heavy atom. The van der Waals surface area contributed by atoms with Crippen LogP contribution >= 0.6 is 11.8 Å². The van der Waals surface area contributed by atoms with Crippen molar-refractivity contribution in [3.63, 3.8) is 0 Å². The van der Waals surface area contributed by atoms with Crippen LogP contribution in [0.25, 0.3) is 0 Å². The summed E-state index contributed by atoms with van der Waals surface area (Å²) in [7, 11) is 0. The Kier molecular flexibility index (Phi) is 5.71. The van der Waals surface area contributed by atoms with E-state index in [-0.39, 0.29) is 17.5 Å². The number of nitrogens with zero attached hydrogens (tertiary/aromatic N) is 3. The largest absolute Gasteiger partial charge is 0.351 e. The first-order valence-corrected chi connectivity index (χ1v) is 7.73. The summed E-state index contributed by atoms with van der Waals surface area (Å²) in [6, 6.07) is 6.03. The molecule has 0 bridgehead atoms. The van der Waals surface area contributed by atoms with Crippen molar-refractivity contribution in [3.8, 4) is 0 Å². The van der Waals surface area contributed by atoms with Crippen molar-refractivity contribution in [1.29, 1.82) is 0 Å². The van der Waals surface area contributed by atoms with Gasteiger partial charge in [0.15, 0.2) is 5.16 Å². The molecule has 7 heteroatoms. The standard InChI is InChI=1S/C15H17FN4OS/c1-3-8-20-11(2)18-19-15(20)22-10-14(21)17-9-12-4-6-13(16)7-5-12/h3-7H,1,8-10H2,2H3,(H,17,21). The Balaban J connectivity index is 1.82. The number of allylic oxidation sites excluding steroid dienone is 1. The van der Waals surface area contributed by atoms with Gasteiger partial charge in [-0.2, -0.15) is 0 Å². The fraction of sp³-hybridized carbons (Fsp3) is 0.267. The molecule has 116 valence electrons. The van der Waals surface area contributed by atoms with E-state index in [1.54, 1.807) is 18.2 Å². The van der Waals surface area contributed by atoms with E-state index in [2.05, 4.69) is 22.1 Å². The van der Waals surface area contributed by atoms with Gasteiger partial charge in [-0.25, -0.2) is 4.39 Å². The summed E-state index contributed by atoms with van der Waals surface area (Å²) in [5.74, 6) is 0.632. The van der Waals surface area contributed by atoms with Gasteiger partial charge in [0.1, 0.15) is 11.6 Å². The van der Waals surface area contributed by atoms with Crippen molar-refractivity contribution in [2.24, 2.45) is 0 Å². The summed E-state index contributed by atoms with van der Waals surface area (Å²) < 4.78 is 14.7. The molecule has 1 amide bonds. The van der Waals surface area contributed by atoms with Crippen molar-refractivity contribution in [2.45, 2.75) is 25.2 Å². The predicted octanol–water partition coefficient (Wildman–Crippen LogP) is 2.32. The second-order valence-electron chi connectivity index (χ2n) is 4.62. The molecule has 1 N–H and O–H groups in total. The molecule has 1 heterocycles. The predicted molar refractivity (Wildman–Crippen MR) is 83.9 cm³/mol. The number of carbonyl (C=O) groups excluding carboxylic acids is 1. The van der Waals surface area contributed by atoms with Crippen LogP contribution in [0.3, 0.4) is 0 Å². The summed E-state index contributed by atoms with van der Waals surface area (Å²) in [5, 5.41) is 11.5. The first kappa shape index (κ1) is 16.2. The maximum atomic E-state index is 12.8. The molecular weight excluding hydrogens is 303 g/mol. The molecule has 0 spiro atoms. The zero-order chi connectivity index (χ0) is 15.9. The van der Waals surface area contributed by atoms with Gasteiger partial charge in [-0.3, -0.25) is 4.79 Å². The average Bonchev–Trinajstić information content (AvgIpc) is 2.86. The van der Waals surface area contributed by atoms with Gasteiger partial charge in [-0.05, 0) is 24.6 Å². The van der Waals surface area contributed by atoms with Gasteiger partial charge in [0.25, 0.3) is 0 Å². The molecule has 1 aromatic carbocycles. The van der Waals surface area contributed by atoms with Crippen LogP contribution in [-0.4, -0.2) is 26.4 Å². The molecule has 0 fully saturated rings. The second kappa shape index (κ2) is 7.74. The lowest BCUT2D eigenvalue weighted by Crippen LogP contribution is -2.24. The lowest BCUT2D eigenvalue weighted by molar-refractivity contribution is -0.118. The van der Waals surface area contributed by atoms with E-state index in [1.165, 1.54) is 23.9 Å². The van der Waals surface area contributed by atoms with Crippen LogP contribution in [0.15, 0.2) is 42.1 Å². The van der Waals surface area contributed by atoms with Gasteiger partial charge in [-0.1, -0.05) is 30.0 Å². The molecule has 2 aromatic rings. The smallest absolute Gasteiger partial charge is 0.230 e. The number of carbonyl (C=O) groups is 1. The molecule has 2 rings (SSSR count). The number of hydrogen-bond donors (Lipinski definition) is 1.